The molecule has 1 saturated heterocycles. The highest BCUT2D eigenvalue weighted by molar-refractivity contribution is 8.18. The average molecular weight is 511 g/mol. The van der Waals surface area contributed by atoms with E-state index in [0.717, 1.165) is 33.4 Å². The van der Waals surface area contributed by atoms with E-state index in [1.54, 1.807) is 17.0 Å². The molecule has 0 unspecified atom stereocenters. The summed E-state index contributed by atoms with van der Waals surface area (Å²) < 4.78 is 2.19. The molecule has 0 N–H and O–H groups in total. The lowest BCUT2D eigenvalue weighted by molar-refractivity contribution is -0.384. The van der Waals surface area contributed by atoms with Gasteiger partial charge in [-0.25, -0.2) is 4.99 Å². The minimum Gasteiger partial charge on any atom is -0.340 e. The molecule has 5 rings (SSSR count). The van der Waals surface area contributed by atoms with E-state index in [9.17, 15) is 14.9 Å². The van der Waals surface area contributed by atoms with Crippen molar-refractivity contribution >= 4 is 51.2 Å². The fourth-order valence-electron chi connectivity index (χ4n) is 4.51. The summed E-state index contributed by atoms with van der Waals surface area (Å²) in [6.07, 6.45) is 1.97. The van der Waals surface area contributed by atoms with Crippen molar-refractivity contribution < 1.29 is 9.72 Å². The molecule has 1 aliphatic heterocycles. The summed E-state index contributed by atoms with van der Waals surface area (Å²) in [5.41, 5.74) is 4.88. The van der Waals surface area contributed by atoms with Crippen LogP contribution in [0.25, 0.3) is 17.0 Å². The van der Waals surface area contributed by atoms with Gasteiger partial charge < -0.3 is 4.57 Å². The van der Waals surface area contributed by atoms with E-state index in [2.05, 4.69) is 16.7 Å². The van der Waals surface area contributed by atoms with Gasteiger partial charge in [0.05, 0.1) is 15.5 Å². The predicted octanol–water partition coefficient (Wildman–Crippen LogP) is 6.92. The molecule has 1 amide bonds. The van der Waals surface area contributed by atoms with Gasteiger partial charge in [0.2, 0.25) is 0 Å². The summed E-state index contributed by atoms with van der Waals surface area (Å²) in [6, 6.07) is 24.4. The molecule has 1 aliphatic rings. The minimum atomic E-state index is -0.392. The van der Waals surface area contributed by atoms with Gasteiger partial charge in [0.1, 0.15) is 0 Å². The van der Waals surface area contributed by atoms with Crippen molar-refractivity contribution in [1.82, 2.24) is 9.47 Å². The smallest absolute Gasteiger partial charge is 0.269 e. The summed E-state index contributed by atoms with van der Waals surface area (Å²) in [5, 5.41) is 12.8. The molecule has 0 saturated carbocycles. The van der Waals surface area contributed by atoms with E-state index in [1.165, 1.54) is 23.9 Å². The van der Waals surface area contributed by atoms with E-state index < -0.39 is 4.92 Å². The number of non-ortho nitro benzene ring substituents is 1. The van der Waals surface area contributed by atoms with Crippen LogP contribution in [0.4, 0.5) is 11.4 Å². The molecule has 186 valence electrons. The highest BCUT2D eigenvalue weighted by Crippen LogP contribution is 2.38. The van der Waals surface area contributed by atoms with Crippen LogP contribution in [0.2, 0.25) is 0 Å². The number of aliphatic imine (C=N–C) groups is 1. The van der Waals surface area contributed by atoms with Crippen molar-refractivity contribution in [3.63, 3.8) is 0 Å². The number of carbonyl (C=O) groups excluding carboxylic acids is 1. The summed E-state index contributed by atoms with van der Waals surface area (Å²) in [6.45, 7) is 6.58. The molecular formula is C29H26N4O3S. The zero-order valence-electron chi connectivity index (χ0n) is 20.8. The molecule has 37 heavy (non-hydrogen) atoms. The molecule has 1 fully saturated rings. The minimum absolute atomic E-state index is 0.0297. The lowest BCUT2D eigenvalue weighted by atomic mass is 10.1. The third-order valence-corrected chi connectivity index (χ3v) is 7.36. The fourth-order valence-corrected chi connectivity index (χ4v) is 5.62. The number of aromatic nitrogens is 1. The van der Waals surface area contributed by atoms with Crippen LogP contribution in [-0.2, 0) is 11.3 Å². The van der Waals surface area contributed by atoms with Crippen molar-refractivity contribution in [2.45, 2.75) is 33.4 Å². The zero-order chi connectivity index (χ0) is 26.1. The quantitative estimate of drug-likeness (QED) is 0.160. The number of nitro groups is 1. The topological polar surface area (TPSA) is 80.7 Å². The van der Waals surface area contributed by atoms with Gasteiger partial charge in [-0.15, -0.1) is 0 Å². The number of benzene rings is 3. The van der Waals surface area contributed by atoms with E-state index in [0.29, 0.717) is 16.6 Å². The fraction of sp³-hybridized carbons (Fsp3) is 0.172. The number of fused-ring (bicyclic) bond motifs is 1. The van der Waals surface area contributed by atoms with Gasteiger partial charge >= 0.3 is 0 Å². The average Bonchev–Trinajstić information content (AvgIpc) is 3.33. The lowest BCUT2D eigenvalue weighted by Gasteiger charge is -2.19. The van der Waals surface area contributed by atoms with Crippen LogP contribution in [-0.4, -0.2) is 31.5 Å². The van der Waals surface area contributed by atoms with Crippen molar-refractivity contribution in [2.75, 3.05) is 0 Å². The number of nitro benzene ring substituents is 1. The lowest BCUT2D eigenvalue weighted by Crippen LogP contribution is -2.35. The maximum absolute atomic E-state index is 13.5. The van der Waals surface area contributed by atoms with Gasteiger partial charge in [0.15, 0.2) is 5.17 Å². The van der Waals surface area contributed by atoms with Crippen LogP contribution in [0.3, 0.4) is 0 Å². The van der Waals surface area contributed by atoms with Crippen molar-refractivity contribution in [3.8, 4) is 0 Å². The molecule has 4 aromatic rings. The number of rotatable bonds is 6. The summed E-state index contributed by atoms with van der Waals surface area (Å²) in [4.78, 5) is 31.3. The number of hydrogen-bond acceptors (Lipinski definition) is 5. The second kappa shape index (κ2) is 10.1. The molecule has 1 aromatic heterocycles. The van der Waals surface area contributed by atoms with Crippen LogP contribution in [0, 0.1) is 17.0 Å². The number of carbonyl (C=O) groups is 1. The Morgan fingerprint density at radius 1 is 1.00 bits per heavy atom. The molecule has 3 aromatic carbocycles. The van der Waals surface area contributed by atoms with Crippen LogP contribution in [0.15, 0.2) is 88.8 Å². The number of nitrogens with zero attached hydrogens (tertiary/aromatic N) is 4. The van der Waals surface area contributed by atoms with E-state index in [1.807, 2.05) is 69.3 Å². The first kappa shape index (κ1) is 24.5. The largest absolute Gasteiger partial charge is 0.340 e. The first-order valence-electron chi connectivity index (χ1n) is 12.0. The number of amides is 1. The van der Waals surface area contributed by atoms with E-state index in [4.69, 9.17) is 4.99 Å². The number of amidine groups is 1. The van der Waals surface area contributed by atoms with Crippen LogP contribution < -0.4 is 0 Å². The monoisotopic (exact) mass is 510 g/mol. The summed E-state index contributed by atoms with van der Waals surface area (Å²) >= 11 is 1.39. The van der Waals surface area contributed by atoms with Gasteiger partial charge in [0, 0.05) is 46.9 Å². The maximum Gasteiger partial charge on any atom is 0.269 e. The summed E-state index contributed by atoms with van der Waals surface area (Å²) in [5.74, 6) is -0.0544. The Bertz CT molecular complexity index is 1550. The first-order chi connectivity index (χ1) is 17.8. The standard InChI is InChI=1S/C29H26N4O3S/c1-19(2)32-28(34)27(37-29(32)30-22-9-5-4-6-10-22)17-25-20(3)31(26-12-8-7-11-24(25)26)18-21-13-15-23(16-14-21)33(35)36/h4-17,19H,18H2,1-3H3/b27-17+,30-29?. The van der Waals surface area contributed by atoms with Crippen LogP contribution in [0.5, 0.6) is 0 Å². The first-order valence-corrected chi connectivity index (χ1v) is 12.8. The molecule has 0 aliphatic carbocycles. The Labute approximate surface area is 219 Å². The number of para-hydroxylation sites is 2. The second-order valence-corrected chi connectivity index (χ2v) is 10.1. The van der Waals surface area contributed by atoms with Crippen molar-refractivity contribution in [3.05, 3.63) is 111 Å². The number of thioether (sulfide) groups is 1. The molecule has 0 radical (unpaired) electrons. The Morgan fingerprint density at radius 3 is 2.35 bits per heavy atom. The SMILES string of the molecule is Cc1c(/C=C2/SC(=Nc3ccccc3)N(C(C)C)C2=O)c2ccccc2n1Cc1ccc([N+](=O)[O-])cc1. The van der Waals surface area contributed by atoms with E-state index >= 15 is 0 Å². The van der Waals surface area contributed by atoms with Gasteiger partial charge in [0.25, 0.3) is 11.6 Å². The second-order valence-electron chi connectivity index (χ2n) is 9.14. The normalized spacial score (nSPS) is 16.0. The maximum atomic E-state index is 13.5. The van der Waals surface area contributed by atoms with Crippen LogP contribution >= 0.6 is 11.8 Å². The molecule has 7 nitrogen and oxygen atoms in total. The summed E-state index contributed by atoms with van der Waals surface area (Å²) in [7, 11) is 0. The molecule has 0 bridgehead atoms. The predicted molar refractivity (Wildman–Crippen MR) is 150 cm³/mol. The Morgan fingerprint density at radius 2 is 1.68 bits per heavy atom. The number of hydrogen-bond donors (Lipinski definition) is 0. The van der Waals surface area contributed by atoms with Gasteiger partial charge in [-0.3, -0.25) is 19.8 Å². The van der Waals surface area contributed by atoms with E-state index in [-0.39, 0.29) is 17.6 Å². The molecule has 0 atom stereocenters. The van der Waals surface area contributed by atoms with Gasteiger partial charge in [-0.05, 0) is 62.4 Å². The zero-order valence-corrected chi connectivity index (χ0v) is 21.6. The van der Waals surface area contributed by atoms with Crippen LogP contribution in [0.1, 0.15) is 30.7 Å². The third-order valence-electron chi connectivity index (χ3n) is 6.38. The Balaban J connectivity index is 1.55. The Hall–Kier alpha value is -4.17. The molecule has 0 spiro atoms. The highest BCUT2D eigenvalue weighted by Gasteiger charge is 2.35. The van der Waals surface area contributed by atoms with Crippen molar-refractivity contribution in [1.29, 1.82) is 0 Å². The van der Waals surface area contributed by atoms with Crippen molar-refractivity contribution in [2.24, 2.45) is 4.99 Å². The highest BCUT2D eigenvalue weighted by atomic mass is 32.2. The Kier molecular flexibility index (Phi) is 6.67. The molecule has 8 heteroatoms. The van der Waals surface area contributed by atoms with Gasteiger partial charge in [-0.1, -0.05) is 48.5 Å². The van der Waals surface area contributed by atoms with Gasteiger partial charge in [-0.2, -0.15) is 0 Å². The third kappa shape index (κ3) is 4.80. The molecular weight excluding hydrogens is 484 g/mol. The molecule has 2 heterocycles.